The number of aromatic nitrogens is 2. The fourth-order valence-electron chi connectivity index (χ4n) is 1.99. The first kappa shape index (κ1) is 15.5. The second kappa shape index (κ2) is 5.85. The molecule has 118 valence electrons. The minimum Gasteiger partial charge on any atom is -0.468 e. The second-order valence-electron chi connectivity index (χ2n) is 4.67. The van der Waals surface area contributed by atoms with Gasteiger partial charge in [0.1, 0.15) is 24.0 Å². The molecule has 1 saturated heterocycles. The van der Waals surface area contributed by atoms with E-state index in [0.717, 1.165) is 4.57 Å². The zero-order valence-electron chi connectivity index (χ0n) is 11.6. The maximum atomic E-state index is 12.1. The first-order chi connectivity index (χ1) is 9.86. The van der Waals surface area contributed by atoms with Crippen LogP contribution < -0.4 is 21.3 Å². The van der Waals surface area contributed by atoms with Crippen molar-refractivity contribution in [1.82, 2.24) is 9.55 Å². The van der Waals surface area contributed by atoms with Crippen LogP contribution >= 0.6 is 0 Å². The number of methoxy groups -OCH3 is 1. The van der Waals surface area contributed by atoms with Gasteiger partial charge in [0.25, 0.3) is 5.56 Å². The number of ether oxygens (including phenoxy) is 2. The minimum atomic E-state index is -1.43. The van der Waals surface area contributed by atoms with Crippen molar-refractivity contribution < 1.29 is 24.8 Å². The Kier molecular flexibility index (Phi) is 4.32. The molecule has 0 amide bonds. The van der Waals surface area contributed by atoms with Crippen LogP contribution in [0.3, 0.4) is 0 Å². The summed E-state index contributed by atoms with van der Waals surface area (Å²) in [4.78, 5) is 16.0. The average Bonchev–Trinajstić information content (AvgIpc) is 2.47. The lowest BCUT2D eigenvalue weighted by molar-refractivity contribution is -0.178. The fraction of sp³-hybridized carbons (Fsp3) is 0.636. The third-order valence-electron chi connectivity index (χ3n) is 3.25. The van der Waals surface area contributed by atoms with E-state index in [0.29, 0.717) is 0 Å². The maximum Gasteiger partial charge on any atom is 0.300 e. The van der Waals surface area contributed by atoms with Crippen molar-refractivity contribution in [3.05, 3.63) is 10.4 Å². The zero-order chi connectivity index (χ0) is 15.7. The van der Waals surface area contributed by atoms with E-state index in [9.17, 15) is 20.1 Å². The summed E-state index contributed by atoms with van der Waals surface area (Å²) in [5.74, 6) is -0.133. The highest BCUT2D eigenvalue weighted by atomic mass is 16.5. The molecule has 0 bridgehead atoms. The highest BCUT2D eigenvalue weighted by molar-refractivity contribution is 5.61. The molecule has 2 rings (SSSR count). The van der Waals surface area contributed by atoms with Gasteiger partial charge in [-0.2, -0.15) is 4.98 Å². The molecule has 0 radical (unpaired) electrons. The lowest BCUT2D eigenvalue weighted by Gasteiger charge is -2.35. The smallest absolute Gasteiger partial charge is 0.300 e. The van der Waals surface area contributed by atoms with Gasteiger partial charge < -0.3 is 35.8 Å². The van der Waals surface area contributed by atoms with Gasteiger partial charge in [-0.3, -0.25) is 9.36 Å². The van der Waals surface area contributed by atoms with Gasteiger partial charge in [0.15, 0.2) is 12.0 Å². The first-order valence-corrected chi connectivity index (χ1v) is 6.19. The molecule has 2 heterocycles. The normalized spacial score (nSPS) is 29.2. The molecule has 0 aromatic carbocycles. The van der Waals surface area contributed by atoms with Crippen molar-refractivity contribution in [3.8, 4) is 6.01 Å². The Bertz CT molecular complexity index is 577. The van der Waals surface area contributed by atoms with Gasteiger partial charge in [0.05, 0.1) is 13.7 Å². The summed E-state index contributed by atoms with van der Waals surface area (Å²) in [6, 6.07) is 0.0311. The van der Waals surface area contributed by atoms with Gasteiger partial charge in [-0.15, -0.1) is 0 Å². The number of aliphatic hydroxyl groups is 3. The zero-order valence-corrected chi connectivity index (χ0v) is 11.6. The minimum absolute atomic E-state index is 0.0311. The molecule has 0 saturated carbocycles. The van der Waals surface area contributed by atoms with Crippen LogP contribution in [0.15, 0.2) is 4.79 Å². The predicted octanol–water partition coefficient (Wildman–Crippen LogP) is -2.78. The summed E-state index contributed by atoms with van der Waals surface area (Å²) in [7, 11) is 2.79. The topological polar surface area (TPSA) is 152 Å². The third-order valence-corrected chi connectivity index (χ3v) is 3.25. The Morgan fingerprint density at radius 3 is 2.71 bits per heavy atom. The maximum absolute atomic E-state index is 12.1. The molecule has 10 heteroatoms. The number of nitrogen functional groups attached to an aromatic ring is 1. The molecule has 0 aliphatic carbocycles. The van der Waals surface area contributed by atoms with E-state index in [1.807, 2.05) is 0 Å². The molecule has 1 aliphatic heterocycles. The van der Waals surface area contributed by atoms with Crippen LogP contribution in [0.4, 0.5) is 11.5 Å². The summed E-state index contributed by atoms with van der Waals surface area (Å²) in [5, 5.41) is 31.4. The Morgan fingerprint density at radius 1 is 1.43 bits per heavy atom. The third kappa shape index (κ3) is 2.78. The lowest BCUT2D eigenvalue weighted by Crippen LogP contribution is -2.56. The fourth-order valence-corrected chi connectivity index (χ4v) is 1.99. The standard InChI is InChI=1S/C11H18N4O6/c1-15-10(19)5(8(12)14-11(15)20-2)13-9-7(18)6(17)4(16)3-21-9/h4,6-7,9,13,16-18H,3,12H2,1-2H3/t4-,6-,7+,9+/m1/s1. The number of nitrogens with zero attached hydrogens (tertiary/aromatic N) is 2. The number of rotatable bonds is 3. The van der Waals surface area contributed by atoms with Crippen molar-refractivity contribution in [3.63, 3.8) is 0 Å². The second-order valence-corrected chi connectivity index (χ2v) is 4.67. The van der Waals surface area contributed by atoms with Crippen LogP contribution in [-0.2, 0) is 11.8 Å². The molecule has 21 heavy (non-hydrogen) atoms. The molecule has 6 N–H and O–H groups in total. The van der Waals surface area contributed by atoms with Crippen LogP contribution in [0.5, 0.6) is 6.01 Å². The van der Waals surface area contributed by atoms with Crippen molar-refractivity contribution in [2.24, 2.45) is 7.05 Å². The van der Waals surface area contributed by atoms with E-state index < -0.39 is 30.1 Å². The Balaban J connectivity index is 2.28. The Hall–Kier alpha value is -1.88. The summed E-state index contributed by atoms with van der Waals surface area (Å²) in [6.07, 6.45) is -5.13. The molecule has 0 spiro atoms. The van der Waals surface area contributed by atoms with Gasteiger partial charge in [-0.25, -0.2) is 0 Å². The summed E-state index contributed by atoms with van der Waals surface area (Å²) in [5.41, 5.74) is 5.05. The van der Waals surface area contributed by atoms with Crippen molar-refractivity contribution in [1.29, 1.82) is 0 Å². The Morgan fingerprint density at radius 2 is 2.10 bits per heavy atom. The van der Waals surface area contributed by atoms with Crippen LogP contribution in [-0.4, -0.2) is 63.1 Å². The highest BCUT2D eigenvalue weighted by Crippen LogP contribution is 2.20. The molecule has 4 atom stereocenters. The molecule has 1 aromatic heterocycles. The number of nitrogens with one attached hydrogen (secondary N) is 1. The van der Waals surface area contributed by atoms with E-state index >= 15 is 0 Å². The van der Waals surface area contributed by atoms with E-state index in [4.69, 9.17) is 15.2 Å². The monoisotopic (exact) mass is 302 g/mol. The van der Waals surface area contributed by atoms with Gasteiger partial charge in [-0.05, 0) is 0 Å². The Labute approximate surface area is 119 Å². The number of hydrogen-bond donors (Lipinski definition) is 5. The molecule has 1 aliphatic rings. The van der Waals surface area contributed by atoms with Crippen molar-refractivity contribution in [2.45, 2.75) is 24.5 Å². The molecule has 1 aromatic rings. The van der Waals surface area contributed by atoms with Crippen LogP contribution in [0.25, 0.3) is 0 Å². The van der Waals surface area contributed by atoms with Crippen LogP contribution in [0.1, 0.15) is 0 Å². The SMILES string of the molecule is COc1nc(N)c(N[C@H]2OC[C@@H](O)[C@@H](O)[C@@H]2O)c(=O)n1C. The summed E-state index contributed by atoms with van der Waals surface area (Å²) < 4.78 is 11.2. The quantitative estimate of drug-likeness (QED) is 0.399. The van der Waals surface area contributed by atoms with Gasteiger partial charge >= 0.3 is 6.01 Å². The van der Waals surface area contributed by atoms with Crippen LogP contribution in [0, 0.1) is 0 Å². The number of hydrogen-bond acceptors (Lipinski definition) is 9. The van der Waals surface area contributed by atoms with Gasteiger partial charge in [0, 0.05) is 7.05 Å². The van der Waals surface area contributed by atoms with Crippen LogP contribution in [0.2, 0.25) is 0 Å². The van der Waals surface area contributed by atoms with E-state index in [2.05, 4.69) is 10.3 Å². The molecule has 10 nitrogen and oxygen atoms in total. The predicted molar refractivity (Wildman–Crippen MR) is 71.8 cm³/mol. The largest absolute Gasteiger partial charge is 0.468 e. The van der Waals surface area contributed by atoms with Crippen molar-refractivity contribution in [2.75, 3.05) is 24.8 Å². The van der Waals surface area contributed by atoms with Gasteiger partial charge in [0.2, 0.25) is 0 Å². The first-order valence-electron chi connectivity index (χ1n) is 6.19. The molecular formula is C11H18N4O6. The molecule has 1 fully saturated rings. The lowest BCUT2D eigenvalue weighted by atomic mass is 10.0. The van der Waals surface area contributed by atoms with E-state index in [1.54, 1.807) is 0 Å². The summed E-state index contributed by atoms with van der Waals surface area (Å²) >= 11 is 0. The summed E-state index contributed by atoms with van der Waals surface area (Å²) in [6.45, 7) is -0.195. The number of nitrogens with two attached hydrogens (primary N) is 1. The van der Waals surface area contributed by atoms with E-state index in [1.165, 1.54) is 14.2 Å². The number of aliphatic hydroxyl groups excluding tert-OH is 3. The molecular weight excluding hydrogens is 284 g/mol. The number of anilines is 2. The van der Waals surface area contributed by atoms with E-state index in [-0.39, 0.29) is 24.1 Å². The highest BCUT2D eigenvalue weighted by Gasteiger charge is 2.38. The van der Waals surface area contributed by atoms with Crippen molar-refractivity contribution >= 4 is 11.5 Å². The molecule has 0 unspecified atom stereocenters. The average molecular weight is 302 g/mol. The van der Waals surface area contributed by atoms with Gasteiger partial charge in [-0.1, -0.05) is 0 Å².